The number of pyridine rings is 1. The molecule has 10 rings (SSSR count). The lowest BCUT2D eigenvalue weighted by atomic mass is 9.82. The second kappa shape index (κ2) is 20.6. The predicted molar refractivity (Wildman–Crippen MR) is 324 cm³/mol. The number of imidazole rings is 1. The van der Waals surface area contributed by atoms with E-state index in [4.69, 9.17) is 9.72 Å². The van der Waals surface area contributed by atoms with E-state index in [-0.39, 0.29) is 21.7 Å². The van der Waals surface area contributed by atoms with Crippen LogP contribution in [0, 0.1) is 33.9 Å². The largest absolute Gasteiger partial charge is 0.458 e. The van der Waals surface area contributed by atoms with E-state index >= 15 is 0 Å². The third-order valence-corrected chi connectivity index (χ3v) is 14.1. The van der Waals surface area contributed by atoms with Crippen molar-refractivity contribution in [3.8, 4) is 50.9 Å². The third kappa shape index (κ3) is 12.3. The molecule has 0 aliphatic heterocycles. The van der Waals surface area contributed by atoms with Gasteiger partial charge in [-0.1, -0.05) is 200 Å². The van der Waals surface area contributed by atoms with E-state index < -0.39 is 0 Å². The standard InChI is InChI=1S/C72H80N4O/c1-48(2)33-49-31-32-73-67(40-49)76-63-26-16-15-23-61(63)62-30-29-58(42-66(62)76)77-57-22-19-21-56(41-57)74-47-75(65-28-18-17-27-64(65)74)68-59(54-36-50(43-69(3,4)5)34-51(37-54)44-70(6,7)8)24-20-25-60(68)55-38-52(45-71(9,10)11)35-53(39-55)46-72(12,13)14/h15-32,34-42,48H,33,43-46H2,1-14H3. The van der Waals surface area contributed by atoms with Crippen LogP contribution in [0.1, 0.15) is 125 Å². The fourth-order valence-corrected chi connectivity index (χ4v) is 11.6. The van der Waals surface area contributed by atoms with Crippen molar-refractivity contribution in [1.29, 1.82) is 0 Å². The van der Waals surface area contributed by atoms with Crippen molar-refractivity contribution in [2.45, 2.75) is 129 Å². The maximum absolute atomic E-state index is 6.88. The van der Waals surface area contributed by atoms with Gasteiger partial charge in [-0.2, -0.15) is 0 Å². The molecule has 77 heavy (non-hydrogen) atoms. The van der Waals surface area contributed by atoms with E-state index in [1.165, 1.54) is 55.5 Å². The van der Waals surface area contributed by atoms with E-state index in [1.807, 2.05) is 12.3 Å². The Balaban J connectivity index is 1.14. The number of rotatable bonds is 13. The van der Waals surface area contributed by atoms with Crippen LogP contribution in [-0.4, -0.2) is 14.1 Å². The molecule has 0 fully saturated rings. The molecule has 394 valence electrons. The summed E-state index contributed by atoms with van der Waals surface area (Å²) in [4.78, 5) is 4.92. The van der Waals surface area contributed by atoms with Gasteiger partial charge in [0.2, 0.25) is 0 Å². The van der Waals surface area contributed by atoms with Gasteiger partial charge in [0.15, 0.2) is 0 Å². The molecule has 5 heteroatoms. The first kappa shape index (κ1) is 53.2. The van der Waals surface area contributed by atoms with Gasteiger partial charge in [-0.25, -0.2) is 4.98 Å². The van der Waals surface area contributed by atoms with Gasteiger partial charge in [0.1, 0.15) is 17.3 Å². The van der Waals surface area contributed by atoms with Crippen molar-refractivity contribution in [3.05, 3.63) is 198 Å². The summed E-state index contributed by atoms with van der Waals surface area (Å²) in [5, 5.41) is 2.35. The lowest BCUT2D eigenvalue weighted by Crippen LogP contribution is -2.31. The van der Waals surface area contributed by atoms with Crippen LogP contribution in [0.15, 0.2) is 164 Å². The Morgan fingerprint density at radius 3 is 1.57 bits per heavy atom. The smallest absolute Gasteiger partial charge is 0.269 e. The van der Waals surface area contributed by atoms with Gasteiger partial charge in [-0.05, 0) is 158 Å². The summed E-state index contributed by atoms with van der Waals surface area (Å²) >= 11 is 0. The Kier molecular flexibility index (Phi) is 14.2. The van der Waals surface area contributed by atoms with Crippen LogP contribution in [0.2, 0.25) is 0 Å². The molecule has 10 aromatic rings. The van der Waals surface area contributed by atoms with Crippen molar-refractivity contribution in [2.24, 2.45) is 27.6 Å². The Morgan fingerprint density at radius 2 is 1.00 bits per heavy atom. The Morgan fingerprint density at radius 1 is 0.481 bits per heavy atom. The van der Waals surface area contributed by atoms with Crippen molar-refractivity contribution in [1.82, 2.24) is 14.1 Å². The fourth-order valence-electron chi connectivity index (χ4n) is 11.6. The maximum Gasteiger partial charge on any atom is 0.269 e. The van der Waals surface area contributed by atoms with Gasteiger partial charge in [0, 0.05) is 23.0 Å². The zero-order valence-electron chi connectivity index (χ0n) is 48.4. The molecule has 0 N–H and O–H groups in total. The normalized spacial score (nSPS) is 12.7. The quantitative estimate of drug-likeness (QED) is 0.0852. The summed E-state index contributed by atoms with van der Waals surface area (Å²) in [5.41, 5.74) is 18.4. The van der Waals surface area contributed by atoms with E-state index in [2.05, 4.69) is 269 Å². The Labute approximate surface area is 459 Å². The molecular weight excluding hydrogens is 937 g/mol. The number of fused-ring (bicyclic) bond motifs is 4. The summed E-state index contributed by atoms with van der Waals surface area (Å²) in [5.74, 6) is 2.95. The molecule has 5 nitrogen and oxygen atoms in total. The minimum Gasteiger partial charge on any atom is -0.458 e. The summed E-state index contributed by atoms with van der Waals surface area (Å²) in [6.07, 6.45) is 10.9. The number of hydrogen-bond acceptors (Lipinski definition) is 2. The van der Waals surface area contributed by atoms with Crippen molar-refractivity contribution < 1.29 is 9.30 Å². The van der Waals surface area contributed by atoms with Crippen molar-refractivity contribution >= 4 is 32.8 Å². The topological polar surface area (TPSA) is 35.9 Å². The molecule has 0 saturated heterocycles. The van der Waals surface area contributed by atoms with Crippen LogP contribution in [-0.2, 0) is 32.1 Å². The lowest BCUT2D eigenvalue weighted by molar-refractivity contribution is -0.571. The third-order valence-electron chi connectivity index (χ3n) is 14.1. The van der Waals surface area contributed by atoms with Crippen molar-refractivity contribution in [2.75, 3.05) is 0 Å². The highest BCUT2D eigenvalue weighted by Crippen LogP contribution is 2.40. The number of nitrogens with zero attached hydrogens (tertiary/aromatic N) is 4. The molecule has 0 aliphatic carbocycles. The fraction of sp³-hybridized carbons (Fsp3) is 0.333. The van der Waals surface area contributed by atoms with E-state index in [0.29, 0.717) is 5.92 Å². The highest BCUT2D eigenvalue weighted by Gasteiger charge is 2.25. The maximum atomic E-state index is 6.88. The first-order valence-electron chi connectivity index (χ1n) is 28.0. The number of aromatic nitrogens is 4. The second-order valence-corrected chi connectivity index (χ2v) is 27.2. The van der Waals surface area contributed by atoms with E-state index in [9.17, 15) is 0 Å². The molecule has 0 saturated carbocycles. The molecule has 0 amide bonds. The highest BCUT2D eigenvalue weighted by atomic mass is 16.5. The summed E-state index contributed by atoms with van der Waals surface area (Å²) < 4.78 is 13.7. The van der Waals surface area contributed by atoms with Crippen molar-refractivity contribution in [3.63, 3.8) is 0 Å². The average molecular weight is 1020 g/mol. The van der Waals surface area contributed by atoms with Crippen LogP contribution in [0.3, 0.4) is 0 Å². The summed E-state index contributed by atoms with van der Waals surface area (Å²) in [7, 11) is 0. The zero-order chi connectivity index (χ0) is 54.6. The Hall–Kier alpha value is -7.24. The molecule has 0 atom stereocenters. The first-order chi connectivity index (χ1) is 36.4. The molecule has 0 bridgehead atoms. The molecule has 3 heterocycles. The van der Waals surface area contributed by atoms with Crippen LogP contribution < -0.4 is 9.30 Å². The van der Waals surface area contributed by atoms with Gasteiger partial charge < -0.3 is 4.74 Å². The predicted octanol–water partition coefficient (Wildman–Crippen LogP) is 18.9. The summed E-state index contributed by atoms with van der Waals surface area (Å²) in [6.45, 7) is 32.7. The van der Waals surface area contributed by atoms with Gasteiger partial charge in [-0.15, -0.1) is 0 Å². The second-order valence-electron chi connectivity index (χ2n) is 27.2. The SMILES string of the molecule is CC(C)Cc1ccnc(-n2c3ccccc3c3ccc(Oc4cccc(-n5[c-][n+](-c6c(-c7cc(CC(C)(C)C)cc(CC(C)(C)C)c7)cccc6-c6cc(CC(C)(C)C)cc(CC(C)(C)C)c6)c6ccccc65)c4)cc32)c1. The van der Waals surface area contributed by atoms with E-state index in [1.54, 1.807) is 0 Å². The monoisotopic (exact) mass is 1020 g/mol. The van der Waals surface area contributed by atoms with Gasteiger partial charge in [-0.3, -0.25) is 13.7 Å². The molecule has 0 radical (unpaired) electrons. The van der Waals surface area contributed by atoms with Crippen LogP contribution in [0.4, 0.5) is 0 Å². The lowest BCUT2D eigenvalue weighted by Gasteiger charge is -2.24. The number of hydrogen-bond donors (Lipinski definition) is 0. The minimum absolute atomic E-state index is 0.122. The average Bonchev–Trinajstić information content (AvgIpc) is 3.91. The molecule has 0 unspecified atom stereocenters. The number of para-hydroxylation sites is 4. The molecule has 7 aromatic carbocycles. The first-order valence-corrected chi connectivity index (χ1v) is 28.0. The molecular formula is C72H80N4O. The van der Waals surface area contributed by atoms with Crippen LogP contribution in [0.5, 0.6) is 11.5 Å². The van der Waals surface area contributed by atoms with Gasteiger partial charge >= 0.3 is 0 Å². The minimum atomic E-state index is 0.122. The van der Waals surface area contributed by atoms with Gasteiger partial charge in [0.25, 0.3) is 6.33 Å². The molecule has 0 aliphatic rings. The number of benzene rings is 7. The van der Waals surface area contributed by atoms with Crippen LogP contribution in [0.25, 0.3) is 72.3 Å². The zero-order valence-corrected chi connectivity index (χ0v) is 48.4. The van der Waals surface area contributed by atoms with E-state index in [0.717, 1.165) is 88.2 Å². The van der Waals surface area contributed by atoms with Crippen LogP contribution >= 0.6 is 0 Å². The highest BCUT2D eigenvalue weighted by molar-refractivity contribution is 6.09. The molecule has 3 aromatic heterocycles. The number of ether oxygens (including phenoxy) is 1. The van der Waals surface area contributed by atoms with Gasteiger partial charge in [0.05, 0.1) is 33.4 Å². The molecule has 0 spiro atoms. The Bertz CT molecular complexity index is 3610. The summed E-state index contributed by atoms with van der Waals surface area (Å²) in [6, 6.07) is 58.3.